The number of benzene rings is 1. The van der Waals surface area contributed by atoms with Gasteiger partial charge in [-0.3, -0.25) is 0 Å². The minimum absolute atomic E-state index is 0.626. The normalized spacial score (nSPS) is 21.1. The van der Waals surface area contributed by atoms with E-state index in [1.54, 1.807) is 0 Å². The molecule has 12 heavy (non-hydrogen) atoms. The van der Waals surface area contributed by atoms with E-state index in [1.807, 2.05) is 0 Å². The molecule has 1 aliphatic carbocycles. The van der Waals surface area contributed by atoms with Crippen LogP contribution in [0.25, 0.3) is 0 Å². The van der Waals surface area contributed by atoms with E-state index in [2.05, 4.69) is 37.8 Å². The van der Waals surface area contributed by atoms with E-state index in [4.69, 9.17) is 0 Å². The van der Waals surface area contributed by atoms with Crippen LogP contribution in [0.1, 0.15) is 30.4 Å². The highest BCUT2D eigenvalue weighted by Gasteiger charge is 2.23. The summed E-state index contributed by atoms with van der Waals surface area (Å²) in [7, 11) is 0. The van der Waals surface area contributed by atoms with E-state index in [0.717, 1.165) is 6.42 Å². The van der Waals surface area contributed by atoms with Gasteiger partial charge in [0.15, 0.2) is 0 Å². The van der Waals surface area contributed by atoms with Gasteiger partial charge in [-0.05, 0) is 24.0 Å². The third-order valence-electron chi connectivity index (χ3n) is 2.75. The maximum Gasteiger partial charge on any atom is 0.00490 e. The molecule has 62 valence electrons. The molecular formula is C12H14. The predicted molar refractivity (Wildman–Crippen MR) is 52.3 cm³/mol. The Morgan fingerprint density at radius 3 is 2.92 bits per heavy atom. The maximum atomic E-state index is 4.12. The molecule has 1 aromatic carbocycles. The Bertz CT molecular complexity index is 310. The van der Waals surface area contributed by atoms with Gasteiger partial charge >= 0.3 is 0 Å². The molecule has 2 rings (SSSR count). The first kappa shape index (κ1) is 7.60. The minimum Gasteiger partial charge on any atom is -0.0989 e. The van der Waals surface area contributed by atoms with Crippen molar-refractivity contribution in [1.29, 1.82) is 0 Å². The van der Waals surface area contributed by atoms with Crippen LogP contribution in [0.4, 0.5) is 0 Å². The van der Waals surface area contributed by atoms with Crippen LogP contribution < -0.4 is 0 Å². The molecule has 1 unspecified atom stereocenters. The molecule has 0 bridgehead atoms. The van der Waals surface area contributed by atoms with E-state index in [0.29, 0.717) is 5.92 Å². The van der Waals surface area contributed by atoms with Gasteiger partial charge in [0.2, 0.25) is 0 Å². The van der Waals surface area contributed by atoms with E-state index in [1.165, 1.54) is 23.1 Å². The largest absolute Gasteiger partial charge is 0.0989 e. The van der Waals surface area contributed by atoms with Crippen molar-refractivity contribution in [2.24, 2.45) is 0 Å². The number of allylic oxidation sites excluding steroid dienone is 1. The van der Waals surface area contributed by atoms with E-state index in [9.17, 15) is 0 Å². The van der Waals surface area contributed by atoms with Crippen molar-refractivity contribution in [3.05, 3.63) is 47.5 Å². The predicted octanol–water partition coefficient (Wildman–Crippen LogP) is 3.29. The average molecular weight is 158 g/mol. The molecule has 0 N–H and O–H groups in total. The Morgan fingerprint density at radius 1 is 1.42 bits per heavy atom. The average Bonchev–Trinajstić information content (AvgIpc) is 2.40. The molecule has 0 heterocycles. The molecule has 1 atom stereocenters. The van der Waals surface area contributed by atoms with Crippen LogP contribution in [-0.2, 0) is 6.42 Å². The van der Waals surface area contributed by atoms with Crippen molar-refractivity contribution in [2.45, 2.75) is 25.7 Å². The lowest BCUT2D eigenvalue weighted by Crippen LogP contribution is -1.91. The van der Waals surface area contributed by atoms with Crippen LogP contribution in [0, 0.1) is 0 Å². The highest BCUT2D eigenvalue weighted by molar-refractivity contribution is 5.44. The Hall–Kier alpha value is -1.04. The van der Waals surface area contributed by atoms with Crippen LogP contribution in [0.15, 0.2) is 36.4 Å². The van der Waals surface area contributed by atoms with Crippen molar-refractivity contribution in [1.82, 2.24) is 0 Å². The molecule has 0 saturated carbocycles. The van der Waals surface area contributed by atoms with Crippen LogP contribution in [0.2, 0.25) is 0 Å². The molecule has 0 nitrogen and oxygen atoms in total. The second-order valence-electron chi connectivity index (χ2n) is 3.49. The van der Waals surface area contributed by atoms with Crippen molar-refractivity contribution >= 4 is 0 Å². The van der Waals surface area contributed by atoms with Crippen molar-refractivity contribution < 1.29 is 0 Å². The van der Waals surface area contributed by atoms with E-state index < -0.39 is 0 Å². The Labute approximate surface area is 73.9 Å². The van der Waals surface area contributed by atoms with Gasteiger partial charge in [0.25, 0.3) is 0 Å². The molecule has 0 amide bonds. The summed E-state index contributed by atoms with van der Waals surface area (Å²) in [5.74, 6) is 0.626. The lowest BCUT2D eigenvalue weighted by molar-refractivity contribution is 0.783. The number of hydrogen-bond donors (Lipinski definition) is 0. The molecular weight excluding hydrogens is 144 g/mol. The summed E-state index contributed by atoms with van der Waals surface area (Å²) < 4.78 is 0. The van der Waals surface area contributed by atoms with E-state index >= 15 is 0 Å². The summed E-state index contributed by atoms with van der Waals surface area (Å²) in [6.45, 7) is 6.36. The minimum atomic E-state index is 0.626. The number of rotatable bonds is 1. The van der Waals surface area contributed by atoms with Crippen molar-refractivity contribution in [2.75, 3.05) is 0 Å². The summed E-state index contributed by atoms with van der Waals surface area (Å²) in [4.78, 5) is 0. The molecule has 0 spiro atoms. The van der Waals surface area contributed by atoms with E-state index in [-0.39, 0.29) is 0 Å². The summed E-state index contributed by atoms with van der Waals surface area (Å²) in [5.41, 5.74) is 4.37. The summed E-state index contributed by atoms with van der Waals surface area (Å²) in [6, 6.07) is 8.70. The monoisotopic (exact) mass is 158 g/mol. The highest BCUT2D eigenvalue weighted by Crippen LogP contribution is 2.38. The van der Waals surface area contributed by atoms with Gasteiger partial charge in [0, 0.05) is 5.92 Å². The van der Waals surface area contributed by atoms with Crippen LogP contribution in [0.3, 0.4) is 0 Å². The maximum absolute atomic E-state index is 4.12. The van der Waals surface area contributed by atoms with Gasteiger partial charge in [-0.15, -0.1) is 0 Å². The third-order valence-corrected chi connectivity index (χ3v) is 2.75. The molecule has 1 aliphatic rings. The Kier molecular flexibility index (Phi) is 1.76. The van der Waals surface area contributed by atoms with Crippen LogP contribution >= 0.6 is 0 Å². The van der Waals surface area contributed by atoms with Gasteiger partial charge in [-0.2, -0.15) is 0 Å². The Balaban J connectivity index is 2.47. The molecule has 0 heteroatoms. The molecule has 1 aromatic rings. The van der Waals surface area contributed by atoms with Gasteiger partial charge in [0.1, 0.15) is 0 Å². The lowest BCUT2D eigenvalue weighted by atomic mass is 9.96. The zero-order chi connectivity index (χ0) is 8.55. The number of hydrogen-bond acceptors (Lipinski definition) is 0. The van der Waals surface area contributed by atoms with Crippen molar-refractivity contribution in [3.8, 4) is 0 Å². The molecule has 0 aliphatic heterocycles. The van der Waals surface area contributed by atoms with Gasteiger partial charge in [-0.25, -0.2) is 0 Å². The first-order chi connectivity index (χ1) is 5.83. The summed E-state index contributed by atoms with van der Waals surface area (Å²) in [5, 5.41) is 0. The molecule has 0 aromatic heterocycles. The zero-order valence-electron chi connectivity index (χ0n) is 7.51. The fraction of sp³-hybridized carbons (Fsp3) is 0.333. The number of fused-ring (bicyclic) bond motifs is 1. The van der Waals surface area contributed by atoms with Crippen LogP contribution in [-0.4, -0.2) is 0 Å². The highest BCUT2D eigenvalue weighted by atomic mass is 14.3. The Morgan fingerprint density at radius 2 is 2.17 bits per heavy atom. The second kappa shape index (κ2) is 2.78. The molecule has 0 radical (unpaired) electrons. The first-order valence-electron chi connectivity index (χ1n) is 4.58. The lowest BCUT2D eigenvalue weighted by Gasteiger charge is -2.08. The van der Waals surface area contributed by atoms with Crippen molar-refractivity contribution in [3.63, 3.8) is 0 Å². The second-order valence-corrected chi connectivity index (χ2v) is 3.49. The van der Waals surface area contributed by atoms with Gasteiger partial charge < -0.3 is 0 Å². The quantitative estimate of drug-likeness (QED) is 0.550. The SMILES string of the molecule is C=C1Cc2ccccc2C1CC. The third kappa shape index (κ3) is 0.989. The summed E-state index contributed by atoms with van der Waals surface area (Å²) in [6.07, 6.45) is 2.28. The topological polar surface area (TPSA) is 0 Å². The summed E-state index contributed by atoms with van der Waals surface area (Å²) >= 11 is 0. The molecule has 0 saturated heterocycles. The zero-order valence-corrected chi connectivity index (χ0v) is 7.51. The first-order valence-corrected chi connectivity index (χ1v) is 4.58. The fourth-order valence-electron chi connectivity index (χ4n) is 2.13. The van der Waals surface area contributed by atoms with Gasteiger partial charge in [-0.1, -0.05) is 43.3 Å². The fourth-order valence-corrected chi connectivity index (χ4v) is 2.13. The standard InChI is InChI=1S/C12H14/c1-3-11-9(2)8-10-6-4-5-7-12(10)11/h4-7,11H,2-3,8H2,1H3. The van der Waals surface area contributed by atoms with Crippen LogP contribution in [0.5, 0.6) is 0 Å². The molecule has 0 fully saturated rings. The van der Waals surface area contributed by atoms with Gasteiger partial charge in [0.05, 0.1) is 0 Å². The smallest absolute Gasteiger partial charge is 0.00490 e.